The fraction of sp³-hybridized carbons (Fsp3) is 0.0952. The molecule has 4 heteroatoms. The molecule has 3 aromatic heterocycles. The first kappa shape index (κ1) is 14.1. The van der Waals surface area contributed by atoms with Crippen LogP contribution in [0.15, 0.2) is 67.0 Å². The maximum atomic E-state index is 5.24. The van der Waals surface area contributed by atoms with Crippen LogP contribution in [0, 0.1) is 0 Å². The fourth-order valence-corrected chi connectivity index (χ4v) is 3.60. The highest BCUT2D eigenvalue weighted by Gasteiger charge is 2.14. The Labute approximate surface area is 144 Å². The summed E-state index contributed by atoms with van der Waals surface area (Å²) in [5.41, 5.74) is 5.39. The summed E-state index contributed by atoms with van der Waals surface area (Å²) in [6, 6.07) is 18.7. The zero-order valence-corrected chi connectivity index (χ0v) is 14.1. The molecule has 5 rings (SSSR count). The second-order valence-electron chi connectivity index (χ2n) is 6.24. The summed E-state index contributed by atoms with van der Waals surface area (Å²) in [7, 11) is 3.78. The van der Waals surface area contributed by atoms with Crippen molar-refractivity contribution in [1.82, 2.24) is 14.0 Å². The Morgan fingerprint density at radius 2 is 1.72 bits per heavy atom. The van der Waals surface area contributed by atoms with Gasteiger partial charge in [-0.05, 0) is 36.4 Å². The summed E-state index contributed by atoms with van der Waals surface area (Å²) >= 11 is 0. The van der Waals surface area contributed by atoms with E-state index in [4.69, 9.17) is 9.72 Å². The molecule has 5 aromatic rings. The standard InChI is InChI=1S/C21H17N3O/c1-23-19-6-4-3-5-16(19)17-11-12-24-13-18(22-21(24)20(17)23)14-7-9-15(25-2)10-8-14/h3-13H,1-2H3. The van der Waals surface area contributed by atoms with Gasteiger partial charge in [0.2, 0.25) is 0 Å². The number of hydrogen-bond acceptors (Lipinski definition) is 2. The average molecular weight is 327 g/mol. The molecule has 0 aliphatic rings. The zero-order valence-electron chi connectivity index (χ0n) is 14.1. The molecule has 3 heterocycles. The van der Waals surface area contributed by atoms with E-state index in [1.807, 2.05) is 24.3 Å². The number of para-hydroxylation sites is 1. The van der Waals surface area contributed by atoms with Gasteiger partial charge in [0.05, 0.1) is 18.3 Å². The molecule has 122 valence electrons. The summed E-state index contributed by atoms with van der Waals surface area (Å²) < 4.78 is 9.57. The summed E-state index contributed by atoms with van der Waals surface area (Å²) in [5.74, 6) is 0.851. The van der Waals surface area contributed by atoms with Gasteiger partial charge in [-0.15, -0.1) is 0 Å². The molecule has 0 saturated heterocycles. The van der Waals surface area contributed by atoms with Crippen molar-refractivity contribution in [1.29, 1.82) is 0 Å². The lowest BCUT2D eigenvalue weighted by atomic mass is 10.2. The molecule has 0 unspecified atom stereocenters. The number of pyridine rings is 1. The molecule has 0 radical (unpaired) electrons. The van der Waals surface area contributed by atoms with Gasteiger partial charge in [0, 0.05) is 41.3 Å². The van der Waals surface area contributed by atoms with Crippen LogP contribution in [0.2, 0.25) is 0 Å². The second kappa shape index (κ2) is 5.11. The molecule has 0 fully saturated rings. The predicted octanol–water partition coefficient (Wildman–Crippen LogP) is 4.65. The van der Waals surface area contributed by atoms with E-state index in [9.17, 15) is 0 Å². The first-order valence-electron chi connectivity index (χ1n) is 8.25. The normalized spacial score (nSPS) is 11.6. The lowest BCUT2D eigenvalue weighted by molar-refractivity contribution is 0.415. The number of imidazole rings is 1. The van der Waals surface area contributed by atoms with Crippen molar-refractivity contribution in [3.63, 3.8) is 0 Å². The van der Waals surface area contributed by atoms with E-state index >= 15 is 0 Å². The van der Waals surface area contributed by atoms with Gasteiger partial charge in [-0.1, -0.05) is 18.2 Å². The molecule has 0 saturated carbocycles. The molecule has 0 aliphatic heterocycles. The van der Waals surface area contributed by atoms with Crippen LogP contribution < -0.4 is 4.74 Å². The van der Waals surface area contributed by atoms with E-state index in [1.54, 1.807) is 7.11 Å². The van der Waals surface area contributed by atoms with Gasteiger partial charge in [-0.2, -0.15) is 0 Å². The molecule has 0 spiro atoms. The van der Waals surface area contributed by atoms with E-state index in [-0.39, 0.29) is 0 Å². The van der Waals surface area contributed by atoms with E-state index < -0.39 is 0 Å². The molecular weight excluding hydrogens is 310 g/mol. The molecule has 0 amide bonds. The zero-order chi connectivity index (χ0) is 17.0. The van der Waals surface area contributed by atoms with Gasteiger partial charge in [0.1, 0.15) is 5.75 Å². The van der Waals surface area contributed by atoms with Gasteiger partial charge in [-0.25, -0.2) is 4.98 Å². The highest BCUT2D eigenvalue weighted by Crippen LogP contribution is 2.31. The van der Waals surface area contributed by atoms with Crippen LogP contribution in [0.4, 0.5) is 0 Å². The lowest BCUT2D eigenvalue weighted by Crippen LogP contribution is -1.90. The van der Waals surface area contributed by atoms with E-state index in [0.29, 0.717) is 0 Å². The van der Waals surface area contributed by atoms with Gasteiger partial charge in [-0.3, -0.25) is 0 Å². The summed E-state index contributed by atoms with van der Waals surface area (Å²) in [6.07, 6.45) is 4.17. The first-order valence-corrected chi connectivity index (χ1v) is 8.25. The molecule has 0 bridgehead atoms. The number of nitrogens with zero attached hydrogens (tertiary/aromatic N) is 3. The molecule has 4 nitrogen and oxygen atoms in total. The summed E-state index contributed by atoms with van der Waals surface area (Å²) in [6.45, 7) is 0. The molecule has 0 aliphatic carbocycles. The number of aromatic nitrogens is 3. The Morgan fingerprint density at radius 1 is 0.920 bits per heavy atom. The Bertz CT molecular complexity index is 1230. The van der Waals surface area contributed by atoms with Crippen molar-refractivity contribution >= 4 is 27.5 Å². The smallest absolute Gasteiger partial charge is 0.162 e. The van der Waals surface area contributed by atoms with E-state index in [2.05, 4.69) is 58.7 Å². The third kappa shape index (κ3) is 1.97. The highest BCUT2D eigenvalue weighted by atomic mass is 16.5. The van der Waals surface area contributed by atoms with Crippen LogP contribution >= 0.6 is 0 Å². The third-order valence-corrected chi connectivity index (χ3v) is 4.88. The first-order chi connectivity index (χ1) is 12.3. The number of fused-ring (bicyclic) bond motifs is 5. The van der Waals surface area contributed by atoms with Crippen molar-refractivity contribution in [3.05, 3.63) is 67.0 Å². The number of aryl methyl sites for hydroxylation is 1. The number of ether oxygens (including phenoxy) is 1. The number of rotatable bonds is 2. The SMILES string of the molecule is COc1ccc(-c2cn3ccc4c5ccccc5n(C)c4c3n2)cc1. The van der Waals surface area contributed by atoms with Crippen LogP contribution in [0.1, 0.15) is 0 Å². The van der Waals surface area contributed by atoms with E-state index in [0.717, 1.165) is 28.2 Å². The summed E-state index contributed by atoms with van der Waals surface area (Å²) in [5, 5.41) is 2.49. The van der Waals surface area contributed by atoms with Crippen LogP contribution in [-0.4, -0.2) is 21.1 Å². The van der Waals surface area contributed by atoms with E-state index in [1.165, 1.54) is 16.3 Å². The van der Waals surface area contributed by atoms with Gasteiger partial charge >= 0.3 is 0 Å². The van der Waals surface area contributed by atoms with Crippen molar-refractivity contribution in [2.24, 2.45) is 7.05 Å². The Kier molecular flexibility index (Phi) is 2.88. The van der Waals surface area contributed by atoms with Crippen molar-refractivity contribution in [2.75, 3.05) is 7.11 Å². The van der Waals surface area contributed by atoms with Gasteiger partial charge in [0.15, 0.2) is 5.65 Å². The predicted molar refractivity (Wildman–Crippen MR) is 101 cm³/mol. The maximum absolute atomic E-state index is 5.24. The Hall–Kier alpha value is -3.27. The van der Waals surface area contributed by atoms with Crippen LogP contribution in [0.3, 0.4) is 0 Å². The average Bonchev–Trinajstić information content (AvgIpc) is 3.22. The second-order valence-corrected chi connectivity index (χ2v) is 6.24. The molecule has 0 N–H and O–H groups in total. The summed E-state index contributed by atoms with van der Waals surface area (Å²) in [4.78, 5) is 4.92. The molecule has 0 atom stereocenters. The quantitative estimate of drug-likeness (QED) is 0.472. The minimum absolute atomic E-state index is 0.851. The molecular formula is C21H17N3O. The topological polar surface area (TPSA) is 31.5 Å². The lowest BCUT2D eigenvalue weighted by Gasteiger charge is -2.00. The van der Waals surface area contributed by atoms with Gasteiger partial charge in [0.25, 0.3) is 0 Å². The minimum atomic E-state index is 0.851. The third-order valence-electron chi connectivity index (χ3n) is 4.88. The Morgan fingerprint density at radius 3 is 2.52 bits per heavy atom. The van der Waals surface area contributed by atoms with Crippen molar-refractivity contribution in [3.8, 4) is 17.0 Å². The Balaban J connectivity index is 1.80. The highest BCUT2D eigenvalue weighted by molar-refractivity contribution is 6.12. The van der Waals surface area contributed by atoms with Crippen molar-refractivity contribution in [2.45, 2.75) is 0 Å². The van der Waals surface area contributed by atoms with Crippen LogP contribution in [0.25, 0.3) is 38.7 Å². The van der Waals surface area contributed by atoms with Crippen molar-refractivity contribution < 1.29 is 4.74 Å². The molecule has 2 aromatic carbocycles. The monoisotopic (exact) mass is 327 g/mol. The van der Waals surface area contributed by atoms with Crippen LogP contribution in [0.5, 0.6) is 5.75 Å². The molecule has 25 heavy (non-hydrogen) atoms. The fourth-order valence-electron chi connectivity index (χ4n) is 3.60. The largest absolute Gasteiger partial charge is 0.497 e. The maximum Gasteiger partial charge on any atom is 0.162 e. The van der Waals surface area contributed by atoms with Crippen LogP contribution in [-0.2, 0) is 7.05 Å². The number of hydrogen-bond donors (Lipinski definition) is 0. The number of methoxy groups -OCH3 is 1. The van der Waals surface area contributed by atoms with Gasteiger partial charge < -0.3 is 13.7 Å². The minimum Gasteiger partial charge on any atom is -0.497 e. The number of benzene rings is 2.